The van der Waals surface area contributed by atoms with E-state index in [0.29, 0.717) is 26.1 Å². The molecule has 6 N–H and O–H groups in total. The lowest BCUT2D eigenvalue weighted by molar-refractivity contribution is -0.123. The molecular formula is C57H100B2Cl2N10O6Si2. The van der Waals surface area contributed by atoms with Gasteiger partial charge < -0.3 is 43.7 Å². The van der Waals surface area contributed by atoms with E-state index in [1.54, 1.807) is 15.0 Å². The third-order valence-electron chi connectivity index (χ3n) is 14.3. The number of nitrogens with two attached hydrogens (primary N) is 1. The Hall–Kier alpha value is -4.12. The molecule has 22 heteroatoms. The first-order valence-corrected chi connectivity index (χ1v) is 33.1. The van der Waals surface area contributed by atoms with E-state index in [1.807, 2.05) is 14.1 Å². The van der Waals surface area contributed by atoms with E-state index in [4.69, 9.17) is 67.9 Å². The fraction of sp³-hybridized carbons (Fsp3) is 0.614. The van der Waals surface area contributed by atoms with Gasteiger partial charge in [-0.1, -0.05) is 112 Å². The van der Waals surface area contributed by atoms with Crippen LogP contribution in [0.2, 0.25) is 47.9 Å². The Morgan fingerprint density at radius 2 is 1.11 bits per heavy atom. The molecule has 0 spiro atoms. The summed E-state index contributed by atoms with van der Waals surface area (Å²) in [7, 11) is 3.51. The van der Waals surface area contributed by atoms with Crippen LogP contribution >= 0.6 is 23.2 Å². The monoisotopic (exact) mass is 1170 g/mol. The van der Waals surface area contributed by atoms with Crippen molar-refractivity contribution in [2.45, 2.75) is 163 Å². The van der Waals surface area contributed by atoms with Crippen molar-refractivity contribution in [2.75, 3.05) is 51.7 Å². The van der Waals surface area contributed by atoms with Crippen molar-refractivity contribution in [1.82, 2.24) is 34.6 Å². The van der Waals surface area contributed by atoms with Gasteiger partial charge in [0.25, 0.3) is 0 Å². The number of aryl methyl sites for hydroxylation is 2. The molecule has 0 bridgehead atoms. The number of amides is 1. The molecule has 442 valence electrons. The van der Waals surface area contributed by atoms with Gasteiger partial charge in [0.05, 0.1) is 23.8 Å². The smallest absolute Gasteiger partial charge is 0.376 e. The second-order valence-electron chi connectivity index (χ2n) is 22.6. The van der Waals surface area contributed by atoms with Gasteiger partial charge in [-0.3, -0.25) is 25.3 Å². The molecule has 1 amide bonds. The van der Waals surface area contributed by atoms with Gasteiger partial charge in [-0.25, -0.2) is 9.97 Å². The molecule has 2 aromatic heterocycles. The molecule has 2 fully saturated rings. The molecule has 0 aliphatic carbocycles. The number of halogens is 2. The van der Waals surface area contributed by atoms with Crippen LogP contribution in [0.15, 0.2) is 60.9 Å². The quantitative estimate of drug-likeness (QED) is 0.0147. The number of benzene rings is 2. The van der Waals surface area contributed by atoms with E-state index in [2.05, 4.69) is 167 Å². The van der Waals surface area contributed by atoms with Crippen molar-refractivity contribution in [2.24, 2.45) is 19.8 Å². The Bertz CT molecular complexity index is 2390. The number of hydrogen-bond donors (Lipinski definition) is 5. The van der Waals surface area contributed by atoms with Gasteiger partial charge in [0.15, 0.2) is 16.6 Å². The first-order valence-electron chi connectivity index (χ1n) is 26.4. The summed E-state index contributed by atoms with van der Waals surface area (Å²) < 4.78 is 27.3. The van der Waals surface area contributed by atoms with Gasteiger partial charge in [-0.05, 0) is 143 Å². The van der Waals surface area contributed by atoms with Crippen molar-refractivity contribution in [3.63, 3.8) is 0 Å². The van der Waals surface area contributed by atoms with Crippen LogP contribution in [0.5, 0.6) is 0 Å². The molecule has 79 heavy (non-hydrogen) atoms. The number of aromatic nitrogens is 4. The van der Waals surface area contributed by atoms with E-state index >= 15 is 0 Å². The highest BCUT2D eigenvalue weighted by Gasteiger charge is 2.40. The van der Waals surface area contributed by atoms with E-state index in [1.165, 1.54) is 25.1 Å². The Labute approximate surface area is 490 Å². The fourth-order valence-electron chi connectivity index (χ4n) is 7.44. The third-order valence-corrected chi connectivity index (χ3v) is 23.9. The van der Waals surface area contributed by atoms with Gasteiger partial charge in [-0.15, -0.1) is 11.6 Å². The molecule has 4 unspecified atom stereocenters. The second-order valence-corrected chi connectivity index (χ2v) is 32.8. The van der Waals surface area contributed by atoms with Crippen LogP contribution in [0.25, 0.3) is 22.5 Å². The number of nitrogens with zero attached hydrogens (tertiary/aromatic N) is 5. The van der Waals surface area contributed by atoms with Crippen molar-refractivity contribution in [3.05, 3.63) is 83.7 Å². The van der Waals surface area contributed by atoms with E-state index in [-0.39, 0.29) is 68.0 Å². The Balaban J connectivity index is 0.00000130. The molecule has 2 saturated heterocycles. The van der Waals surface area contributed by atoms with Crippen LogP contribution in [0.1, 0.15) is 125 Å². The molecule has 6 rings (SSSR count). The van der Waals surface area contributed by atoms with Crippen LogP contribution < -0.4 is 16.4 Å². The molecule has 4 atom stereocenters. The van der Waals surface area contributed by atoms with Crippen LogP contribution in [-0.4, -0.2) is 131 Å². The summed E-state index contributed by atoms with van der Waals surface area (Å²) in [6.45, 7) is 32.6. The average Bonchev–Trinajstić information content (AvgIpc) is 3.91. The molecule has 2 radical (unpaired) electrons. The summed E-state index contributed by atoms with van der Waals surface area (Å²) in [5.74, 6) is 1.84. The maximum Gasteiger partial charge on any atom is 0.376 e. The molecule has 4 heterocycles. The number of carbonyl (C=O) groups excluding carboxylic acids is 2. The minimum atomic E-state index is -1.91. The Morgan fingerprint density at radius 3 is 1.42 bits per heavy atom. The fourth-order valence-corrected chi connectivity index (χ4v) is 10.1. The minimum Gasteiger partial charge on any atom is -0.555 e. The number of imidazole rings is 2. The average molecular weight is 1170 g/mol. The second kappa shape index (κ2) is 35.7. The lowest BCUT2D eigenvalue weighted by Crippen LogP contribution is -2.45. The van der Waals surface area contributed by atoms with Crippen LogP contribution in [0, 0.1) is 10.8 Å². The largest absolute Gasteiger partial charge is 0.555 e. The highest BCUT2D eigenvalue weighted by atomic mass is 35.5. The Morgan fingerprint density at radius 1 is 0.747 bits per heavy atom. The first kappa shape index (κ1) is 74.9. The lowest BCUT2D eigenvalue weighted by atomic mass is 9.75. The van der Waals surface area contributed by atoms with E-state index in [0.717, 1.165) is 78.5 Å². The molecule has 16 nitrogen and oxygen atoms in total. The van der Waals surface area contributed by atoms with Gasteiger partial charge in [0.2, 0.25) is 11.1 Å². The number of likely N-dealkylation sites (tertiary alicyclic amines) is 1. The topological polar surface area (TPSA) is 208 Å². The number of carbonyl (C=O) groups is 2. The summed E-state index contributed by atoms with van der Waals surface area (Å²) in [6.07, 6.45) is 9.82. The molecule has 0 saturated carbocycles. The molecule has 2 aromatic carbocycles. The zero-order chi connectivity index (χ0) is 56.9. The Kier molecular flexibility index (Phi) is 33.8. The van der Waals surface area contributed by atoms with Crippen LogP contribution in [0.3, 0.4) is 0 Å². The highest BCUT2D eigenvalue weighted by molar-refractivity contribution is 6.74. The number of hydrogen-bond acceptors (Lipinski definition) is 13. The summed E-state index contributed by atoms with van der Waals surface area (Å²) >= 11 is 9.55. The van der Waals surface area contributed by atoms with Gasteiger partial charge in [-0.2, -0.15) is 0 Å². The van der Waals surface area contributed by atoms with Crippen molar-refractivity contribution >= 4 is 78.8 Å². The summed E-state index contributed by atoms with van der Waals surface area (Å²) in [5, 5.41) is 20.1. The predicted molar refractivity (Wildman–Crippen MR) is 339 cm³/mol. The number of rotatable bonds is 24. The van der Waals surface area contributed by atoms with Crippen LogP contribution in [0.4, 0.5) is 0 Å². The SMILES string of the molecule is C.C.C.C1CNC1.CC(O[Si](C)(C)C(C)(C)C)c1nc(-c2ccc(CC([B]OC=N)CN)cc2)cn1C.CC(O[Si](C)(C)C(C)(C)C)c1nc(-c2ccc(CC([B]OC=N)CNC(=O)CN3CCC3)cc2)cn1C.O=C(Cl)CCl. The maximum absolute atomic E-state index is 12.2. The van der Waals surface area contributed by atoms with Crippen LogP contribution in [-0.2, 0) is 54.7 Å². The standard InChI is InChI=1S/C27H43BN5O3Si.C22H36BN4O2Si.C3H7N.C2H2Cl2O.3CH4/c1-20(36-37(6,7)27(2,3)4)26-31-24(17-32(26)5)22-11-9-21(10-12-22)15-23(28-35-19-29)16-30-25(34)18-33-13-8-14-33;1-16(29-30(6,7)22(2,3)4)21-26-20(14-27(21)5)18-10-8-17(9-11-18)12-19(13-24)23-28-15-25;1-2-4-3-1;3-1-2(4)5;;;/h9-12,17,19-20,23,29H,8,13-16,18H2,1-7H3,(H,30,34);8-11,14-16,19,25H,12-13,24H2,1-7H3;4H,1-3H2;1H2;3*1H4. The molecule has 2 aliphatic heterocycles. The molecular weight excluding hydrogens is 1070 g/mol. The van der Waals surface area contributed by atoms with Crippen molar-refractivity contribution in [1.29, 1.82) is 10.8 Å². The predicted octanol–water partition coefficient (Wildman–Crippen LogP) is 12.1. The maximum atomic E-state index is 12.2. The van der Waals surface area contributed by atoms with E-state index in [9.17, 15) is 9.59 Å². The third kappa shape index (κ3) is 25.3. The van der Waals surface area contributed by atoms with E-state index < -0.39 is 21.9 Å². The lowest BCUT2D eigenvalue weighted by Gasteiger charge is -2.38. The zero-order valence-electron chi connectivity index (χ0n) is 47.9. The van der Waals surface area contributed by atoms with Crippen molar-refractivity contribution in [3.8, 4) is 22.5 Å². The first-order chi connectivity index (χ1) is 35.6. The molecule has 2 aliphatic rings. The summed E-state index contributed by atoms with van der Waals surface area (Å²) in [5.41, 5.74) is 12.1. The molecule has 4 aromatic rings. The zero-order valence-corrected chi connectivity index (χ0v) is 51.4. The minimum absolute atomic E-state index is 0. The normalized spacial score (nSPS) is 14.6. The highest BCUT2D eigenvalue weighted by Crippen LogP contribution is 2.41. The summed E-state index contributed by atoms with van der Waals surface area (Å²) in [4.78, 5) is 33.6. The van der Waals surface area contributed by atoms with Gasteiger partial charge in [0.1, 0.15) is 36.7 Å². The number of alkyl halides is 1. The van der Waals surface area contributed by atoms with Gasteiger partial charge >= 0.3 is 15.0 Å². The van der Waals surface area contributed by atoms with Gasteiger partial charge in [0, 0.05) is 44.2 Å². The number of nitrogens with one attached hydrogen (secondary N) is 4. The van der Waals surface area contributed by atoms with Crippen molar-refractivity contribution < 1.29 is 27.7 Å². The summed E-state index contributed by atoms with van der Waals surface area (Å²) in [6, 6.07) is 16.7.